The third-order valence-corrected chi connectivity index (χ3v) is 3.12. The molecule has 0 aliphatic heterocycles. The van der Waals surface area contributed by atoms with Crippen LogP contribution in [0.1, 0.15) is 13.3 Å². The van der Waals surface area contributed by atoms with E-state index in [4.69, 9.17) is 27.9 Å². The number of ether oxygens (including phenoxy) is 1. The van der Waals surface area contributed by atoms with E-state index in [1.807, 2.05) is 6.92 Å². The average Bonchev–Trinajstić information content (AvgIpc) is 2.74. The molecule has 0 unspecified atom stereocenters. The predicted molar refractivity (Wildman–Crippen MR) is 72.5 cm³/mol. The molecule has 102 valence electrons. The van der Waals surface area contributed by atoms with E-state index in [1.54, 1.807) is 0 Å². The van der Waals surface area contributed by atoms with Gasteiger partial charge in [-0.25, -0.2) is 4.79 Å². The van der Waals surface area contributed by atoms with Crippen LogP contribution in [-0.4, -0.2) is 26.9 Å². The molecule has 1 heterocycles. The van der Waals surface area contributed by atoms with Crippen LogP contribution in [0.15, 0.2) is 16.9 Å². The van der Waals surface area contributed by atoms with Crippen molar-refractivity contribution in [2.24, 2.45) is 0 Å². The zero-order valence-corrected chi connectivity index (χ0v) is 11.9. The molecule has 0 saturated heterocycles. The van der Waals surface area contributed by atoms with E-state index < -0.39 is 0 Å². The first-order chi connectivity index (χ1) is 9.08. The summed E-state index contributed by atoms with van der Waals surface area (Å²) < 4.78 is 7.43. The van der Waals surface area contributed by atoms with E-state index in [1.165, 1.54) is 23.9 Å². The quantitative estimate of drug-likeness (QED) is 0.868. The molecular formula is C11H12Cl2N4O2. The highest BCUT2D eigenvalue weighted by Crippen LogP contribution is 2.32. The SMILES string of the molecule is CCCn1nnn(-c2cc(Cl)c(OC)cc2Cl)c1=O. The maximum atomic E-state index is 12.0. The molecule has 8 heteroatoms. The molecular weight excluding hydrogens is 291 g/mol. The number of hydrogen-bond acceptors (Lipinski definition) is 4. The number of nitrogens with zero attached hydrogens (tertiary/aromatic N) is 4. The summed E-state index contributed by atoms with van der Waals surface area (Å²) in [5.74, 6) is 0.435. The normalized spacial score (nSPS) is 10.7. The summed E-state index contributed by atoms with van der Waals surface area (Å²) >= 11 is 12.1. The lowest BCUT2D eigenvalue weighted by Crippen LogP contribution is -2.24. The summed E-state index contributed by atoms with van der Waals surface area (Å²) in [5.41, 5.74) is 0.0183. The van der Waals surface area contributed by atoms with Crippen LogP contribution >= 0.6 is 23.2 Å². The van der Waals surface area contributed by atoms with Gasteiger partial charge in [0.1, 0.15) is 5.75 Å². The Balaban J connectivity index is 2.53. The summed E-state index contributed by atoms with van der Waals surface area (Å²) in [4.78, 5) is 12.0. The van der Waals surface area contributed by atoms with Crippen LogP contribution in [0.4, 0.5) is 0 Å². The second-order valence-electron chi connectivity index (χ2n) is 3.83. The zero-order valence-electron chi connectivity index (χ0n) is 10.4. The Hall–Kier alpha value is -1.53. The molecule has 0 spiro atoms. The molecule has 1 aromatic carbocycles. The molecule has 1 aromatic heterocycles. The summed E-state index contributed by atoms with van der Waals surface area (Å²) in [7, 11) is 1.49. The van der Waals surface area contributed by atoms with Gasteiger partial charge in [-0.3, -0.25) is 0 Å². The van der Waals surface area contributed by atoms with Crippen molar-refractivity contribution in [3.05, 3.63) is 32.7 Å². The van der Waals surface area contributed by atoms with Crippen LogP contribution in [0.2, 0.25) is 10.0 Å². The van der Waals surface area contributed by atoms with Crippen molar-refractivity contribution in [1.82, 2.24) is 19.8 Å². The molecule has 0 amide bonds. The van der Waals surface area contributed by atoms with Crippen LogP contribution < -0.4 is 10.4 Å². The van der Waals surface area contributed by atoms with E-state index in [0.29, 0.717) is 28.0 Å². The lowest BCUT2D eigenvalue weighted by molar-refractivity contribution is 0.415. The molecule has 2 aromatic rings. The molecule has 0 radical (unpaired) electrons. The fourth-order valence-corrected chi connectivity index (χ4v) is 2.08. The molecule has 0 N–H and O–H groups in total. The first kappa shape index (κ1) is 13.9. The second kappa shape index (κ2) is 5.63. The lowest BCUT2D eigenvalue weighted by Gasteiger charge is -2.07. The van der Waals surface area contributed by atoms with Crippen molar-refractivity contribution in [2.45, 2.75) is 19.9 Å². The highest BCUT2D eigenvalue weighted by molar-refractivity contribution is 6.35. The highest BCUT2D eigenvalue weighted by Gasteiger charge is 2.14. The van der Waals surface area contributed by atoms with E-state index in [2.05, 4.69) is 10.4 Å². The molecule has 0 bridgehead atoms. The van der Waals surface area contributed by atoms with Gasteiger partial charge in [0.05, 0.1) is 22.8 Å². The molecule has 0 aliphatic rings. The fourth-order valence-electron chi connectivity index (χ4n) is 1.61. The summed E-state index contributed by atoms with van der Waals surface area (Å²) in [6, 6.07) is 3.06. The Morgan fingerprint density at radius 2 is 2.00 bits per heavy atom. The predicted octanol–water partition coefficient (Wildman–Crippen LogP) is 2.15. The second-order valence-corrected chi connectivity index (χ2v) is 4.65. The monoisotopic (exact) mass is 302 g/mol. The number of benzene rings is 1. The third-order valence-electron chi connectivity index (χ3n) is 2.52. The smallest absolute Gasteiger partial charge is 0.368 e. The number of tetrazole rings is 1. The Morgan fingerprint density at radius 3 is 2.63 bits per heavy atom. The van der Waals surface area contributed by atoms with Crippen molar-refractivity contribution < 1.29 is 4.74 Å². The standard InChI is InChI=1S/C11H12Cl2N4O2/c1-3-4-16-11(18)17(15-14-16)9-5-8(13)10(19-2)6-7(9)12/h5-6H,3-4H2,1-2H3. The van der Waals surface area contributed by atoms with E-state index in [-0.39, 0.29) is 5.69 Å². The van der Waals surface area contributed by atoms with Gasteiger partial charge in [0.25, 0.3) is 0 Å². The van der Waals surface area contributed by atoms with Gasteiger partial charge in [-0.05, 0) is 22.9 Å². The maximum Gasteiger partial charge on any atom is 0.368 e. The lowest BCUT2D eigenvalue weighted by atomic mass is 10.3. The van der Waals surface area contributed by atoms with Gasteiger partial charge >= 0.3 is 5.69 Å². The molecule has 19 heavy (non-hydrogen) atoms. The summed E-state index contributed by atoms with van der Waals surface area (Å²) in [6.07, 6.45) is 0.787. The van der Waals surface area contributed by atoms with Gasteiger partial charge < -0.3 is 4.74 Å². The van der Waals surface area contributed by atoms with Crippen molar-refractivity contribution in [3.8, 4) is 11.4 Å². The highest BCUT2D eigenvalue weighted by atomic mass is 35.5. The zero-order chi connectivity index (χ0) is 14.0. The number of aryl methyl sites for hydroxylation is 1. The minimum atomic E-state index is -0.356. The van der Waals surface area contributed by atoms with Crippen LogP contribution in [0, 0.1) is 0 Å². The van der Waals surface area contributed by atoms with Gasteiger partial charge in [-0.2, -0.15) is 9.36 Å². The number of halogens is 2. The number of methoxy groups -OCH3 is 1. The van der Waals surface area contributed by atoms with E-state index in [0.717, 1.165) is 11.1 Å². The minimum Gasteiger partial charge on any atom is -0.495 e. The maximum absolute atomic E-state index is 12.0. The van der Waals surface area contributed by atoms with Crippen molar-refractivity contribution >= 4 is 23.2 Å². The first-order valence-corrected chi connectivity index (χ1v) is 6.40. The fraction of sp³-hybridized carbons (Fsp3) is 0.364. The van der Waals surface area contributed by atoms with Crippen LogP contribution in [0.3, 0.4) is 0 Å². The van der Waals surface area contributed by atoms with E-state index in [9.17, 15) is 4.79 Å². The Bertz CT molecular complexity index is 651. The molecule has 0 atom stereocenters. The van der Waals surface area contributed by atoms with Crippen molar-refractivity contribution in [1.29, 1.82) is 0 Å². The summed E-state index contributed by atoms with van der Waals surface area (Å²) in [5, 5.41) is 8.23. The molecule has 2 rings (SSSR count). The number of hydrogen-bond donors (Lipinski definition) is 0. The van der Waals surface area contributed by atoms with Crippen molar-refractivity contribution in [2.75, 3.05) is 7.11 Å². The van der Waals surface area contributed by atoms with Crippen LogP contribution in [0.25, 0.3) is 5.69 Å². The van der Waals surface area contributed by atoms with E-state index >= 15 is 0 Å². The Morgan fingerprint density at radius 1 is 1.26 bits per heavy atom. The minimum absolute atomic E-state index is 0.312. The largest absolute Gasteiger partial charge is 0.495 e. The van der Waals surface area contributed by atoms with Gasteiger partial charge in [-0.15, -0.1) is 0 Å². The molecule has 0 fully saturated rings. The van der Waals surface area contributed by atoms with Gasteiger partial charge in [0, 0.05) is 12.6 Å². The first-order valence-electron chi connectivity index (χ1n) is 5.64. The average molecular weight is 303 g/mol. The van der Waals surface area contributed by atoms with Gasteiger partial charge in [-0.1, -0.05) is 30.1 Å². The van der Waals surface area contributed by atoms with Gasteiger partial charge in [0.15, 0.2) is 0 Å². The molecule has 0 saturated carbocycles. The summed E-state index contributed by atoms with van der Waals surface area (Å²) in [6.45, 7) is 2.45. The topological polar surface area (TPSA) is 61.9 Å². The molecule has 0 aliphatic carbocycles. The van der Waals surface area contributed by atoms with Crippen LogP contribution in [-0.2, 0) is 6.54 Å². The van der Waals surface area contributed by atoms with Crippen molar-refractivity contribution in [3.63, 3.8) is 0 Å². The van der Waals surface area contributed by atoms with Gasteiger partial charge in [0.2, 0.25) is 0 Å². The van der Waals surface area contributed by atoms with Crippen LogP contribution in [0.5, 0.6) is 5.75 Å². The third kappa shape index (κ3) is 2.59. The Kier molecular flexibility index (Phi) is 4.11. The Labute approximate surface area is 119 Å². The number of rotatable bonds is 4. The number of aromatic nitrogens is 4. The molecule has 6 nitrogen and oxygen atoms in total.